The number of benzene rings is 2. The smallest absolute Gasteiger partial charge is 0.0636 e. The minimum Gasteiger partial charge on any atom is -0.252 e. The summed E-state index contributed by atoms with van der Waals surface area (Å²) in [5.74, 6) is 0. The molecule has 0 unspecified atom stereocenters. The van der Waals surface area contributed by atoms with E-state index in [-0.39, 0.29) is 16.5 Å². The van der Waals surface area contributed by atoms with Crippen LogP contribution in [0.15, 0.2) is 58.5 Å². The third-order valence-electron chi connectivity index (χ3n) is 19.4. The molecule has 0 aliphatic carbocycles. The van der Waals surface area contributed by atoms with Crippen molar-refractivity contribution in [1.82, 2.24) is 0 Å². The number of unbranched alkanes of at least 4 members (excludes halogenated alkanes) is 58. The number of rotatable bonds is 69. The van der Waals surface area contributed by atoms with Crippen LogP contribution < -0.4 is 0 Å². The molecule has 508 valence electrons. The summed E-state index contributed by atoms with van der Waals surface area (Å²) in [7, 11) is 0. The van der Waals surface area contributed by atoms with Crippen molar-refractivity contribution in [3.63, 3.8) is 0 Å². The molecular weight excluding hydrogens is 1100 g/mol. The molecule has 2 aromatic carbocycles. The predicted octanol–water partition coefficient (Wildman–Crippen LogP) is 30.7. The molecule has 0 radical (unpaired) electrons. The van der Waals surface area contributed by atoms with Crippen molar-refractivity contribution in [2.75, 3.05) is 0 Å². The average Bonchev–Trinajstić information content (AvgIpc) is 3.67. The quantitative estimate of drug-likeness (QED) is 0.0358. The van der Waals surface area contributed by atoms with Crippen molar-refractivity contribution in [2.45, 2.75) is 451 Å². The Morgan fingerprint density at radius 3 is 0.621 bits per heavy atom. The Labute approximate surface area is 557 Å². The minimum absolute atomic E-state index is 0. The largest absolute Gasteiger partial charge is 0.252 e. The van der Waals surface area contributed by atoms with E-state index in [4.69, 9.17) is 9.98 Å². The summed E-state index contributed by atoms with van der Waals surface area (Å²) < 4.78 is 0. The zero-order valence-electron chi connectivity index (χ0n) is 59.5. The average molecular weight is 1250 g/mol. The molecule has 0 saturated carbocycles. The van der Waals surface area contributed by atoms with Crippen molar-refractivity contribution in [1.29, 1.82) is 0 Å². The third-order valence-corrected chi connectivity index (χ3v) is 19.4. The second-order valence-corrected chi connectivity index (χ2v) is 28.0. The minimum atomic E-state index is 0. The van der Waals surface area contributed by atoms with E-state index in [1.165, 1.54) is 414 Å². The van der Waals surface area contributed by atoms with E-state index in [1.54, 1.807) is 0 Å². The van der Waals surface area contributed by atoms with E-state index in [1.807, 2.05) is 0 Å². The fraction of sp³-hybridized carbons (Fsp3) is 0.833. The van der Waals surface area contributed by atoms with Crippen LogP contribution in [0.5, 0.6) is 0 Å². The molecule has 0 bridgehead atoms. The van der Waals surface area contributed by atoms with Crippen LogP contribution in [-0.4, -0.2) is 11.4 Å². The van der Waals surface area contributed by atoms with Crippen LogP contribution >= 0.6 is 0 Å². The first-order chi connectivity index (χ1) is 42.7. The van der Waals surface area contributed by atoms with Crippen LogP contribution in [0.4, 0.5) is 11.4 Å². The predicted molar refractivity (Wildman–Crippen MR) is 393 cm³/mol. The normalized spacial score (nSPS) is 12.0. The summed E-state index contributed by atoms with van der Waals surface area (Å²) in [4.78, 5) is 10.9. The van der Waals surface area contributed by atoms with Gasteiger partial charge in [0, 0.05) is 16.5 Å². The second kappa shape index (κ2) is 68.6. The van der Waals surface area contributed by atoms with Gasteiger partial charge in [0.05, 0.1) is 22.8 Å². The molecule has 0 atom stereocenters. The maximum atomic E-state index is 5.47. The van der Waals surface area contributed by atoms with Crippen molar-refractivity contribution in [3.8, 4) is 0 Å². The molecule has 0 spiro atoms. The number of hydrogen-bond acceptors (Lipinski definition) is 2. The van der Waals surface area contributed by atoms with Crippen molar-refractivity contribution < 1.29 is 16.5 Å². The van der Waals surface area contributed by atoms with Gasteiger partial charge in [0.25, 0.3) is 0 Å². The summed E-state index contributed by atoms with van der Waals surface area (Å²) in [5.41, 5.74) is 7.58. The molecule has 0 aliphatic rings. The summed E-state index contributed by atoms with van der Waals surface area (Å²) >= 11 is 0. The van der Waals surface area contributed by atoms with E-state index in [0.29, 0.717) is 0 Å². The molecule has 0 amide bonds. The Morgan fingerprint density at radius 1 is 0.218 bits per heavy atom. The molecule has 87 heavy (non-hydrogen) atoms. The Morgan fingerprint density at radius 2 is 0.402 bits per heavy atom. The molecule has 0 fully saturated rings. The molecule has 2 rings (SSSR count). The maximum Gasteiger partial charge on any atom is 0.0636 e. The summed E-state index contributed by atoms with van der Waals surface area (Å²) in [6.07, 6.45) is 92.8. The van der Waals surface area contributed by atoms with Gasteiger partial charge in [-0.15, -0.1) is 0 Å². The van der Waals surface area contributed by atoms with Gasteiger partial charge in [0.2, 0.25) is 0 Å². The molecule has 0 saturated heterocycles. The molecule has 0 N–H and O–H groups in total. The van der Waals surface area contributed by atoms with E-state index < -0.39 is 0 Å². The van der Waals surface area contributed by atoms with Gasteiger partial charge in [-0.2, -0.15) is 0 Å². The van der Waals surface area contributed by atoms with E-state index in [2.05, 4.69) is 76.2 Å². The Kier molecular flexibility index (Phi) is 65.7. The van der Waals surface area contributed by atoms with Crippen LogP contribution in [0.1, 0.15) is 450 Å². The van der Waals surface area contributed by atoms with Crippen LogP contribution in [0.2, 0.25) is 0 Å². The zero-order chi connectivity index (χ0) is 61.2. The molecule has 3 heteroatoms. The second-order valence-electron chi connectivity index (χ2n) is 28.0. The number of aliphatic imine (C=N–C) groups is 2. The number of nitrogens with zero attached hydrogens (tertiary/aromatic N) is 2. The Bertz CT molecular complexity index is 1730. The monoisotopic (exact) mass is 1250 g/mol. The fourth-order valence-corrected chi connectivity index (χ4v) is 13.5. The van der Waals surface area contributed by atoms with Gasteiger partial charge >= 0.3 is 0 Å². The molecule has 0 heterocycles. The van der Waals surface area contributed by atoms with Gasteiger partial charge in [-0.25, -0.2) is 0 Å². The fourth-order valence-electron chi connectivity index (χ4n) is 13.5. The van der Waals surface area contributed by atoms with E-state index in [9.17, 15) is 0 Å². The molecule has 0 aromatic heterocycles. The summed E-state index contributed by atoms with van der Waals surface area (Å²) in [6, 6.07) is 18.4. The molecule has 0 aliphatic heterocycles. The SMILES string of the molecule is CCCCCCCCCCCCCCCCCCCCCCCCCCCCCCc1cccc(N=C(CCCC)C(CCCCCC)=Nc2cccc(CCCCCCCCCCCCCCCCCCCCCCCCCCCCCC)c2)c1.[Ni]. The van der Waals surface area contributed by atoms with Crippen LogP contribution in [0, 0.1) is 0 Å². The van der Waals surface area contributed by atoms with Crippen molar-refractivity contribution in [3.05, 3.63) is 59.7 Å². The number of aryl methyl sites for hydroxylation is 2. The first kappa shape index (κ1) is 83.3. The first-order valence-corrected chi connectivity index (χ1v) is 40.0. The van der Waals surface area contributed by atoms with Gasteiger partial charge < -0.3 is 0 Å². The van der Waals surface area contributed by atoms with Crippen molar-refractivity contribution >= 4 is 22.8 Å². The van der Waals surface area contributed by atoms with Gasteiger partial charge in [0.1, 0.15) is 0 Å². The number of hydrogen-bond donors (Lipinski definition) is 0. The Hall–Kier alpha value is -1.73. The van der Waals surface area contributed by atoms with Gasteiger partial charge in [-0.1, -0.05) is 424 Å². The van der Waals surface area contributed by atoms with E-state index >= 15 is 0 Å². The van der Waals surface area contributed by atoms with Gasteiger partial charge in [-0.3, -0.25) is 9.98 Å². The van der Waals surface area contributed by atoms with Crippen LogP contribution in [0.25, 0.3) is 0 Å². The standard InChI is InChI=1S/C84H152N2.Ni/c1-5-9-13-16-18-20-22-24-26-28-30-32-34-36-38-40-42-44-46-48-50-52-54-56-58-60-62-64-69-79-71-67-73-81(77-79)85-83(75-12-8-4)84(76-66-15-11-7-3)86-82-74-68-72-80(78-82)70-65-63-61-59-57-55-53-51-49-47-45-43-41-39-37-35-33-31-29-27-25-23-21-19-17-14-10-6-2;/h67-68,71-74,77-78H,5-66,69-70,75-76H2,1-4H3;. The van der Waals surface area contributed by atoms with Crippen LogP contribution in [0.3, 0.4) is 0 Å². The Balaban J connectivity index is 0.0000378. The van der Waals surface area contributed by atoms with Crippen molar-refractivity contribution in [2.24, 2.45) is 9.98 Å². The van der Waals surface area contributed by atoms with E-state index in [0.717, 1.165) is 43.5 Å². The van der Waals surface area contributed by atoms with Crippen LogP contribution in [-0.2, 0) is 29.3 Å². The first-order valence-electron chi connectivity index (χ1n) is 40.0. The maximum absolute atomic E-state index is 5.47. The molecule has 2 nitrogen and oxygen atoms in total. The van der Waals surface area contributed by atoms with Gasteiger partial charge in [-0.05, 0) is 86.8 Å². The molecular formula is C84H152N2Ni. The third kappa shape index (κ3) is 56.7. The zero-order valence-corrected chi connectivity index (χ0v) is 60.5. The van der Waals surface area contributed by atoms with Gasteiger partial charge in [0.15, 0.2) is 0 Å². The molecule has 2 aromatic rings. The summed E-state index contributed by atoms with van der Waals surface area (Å²) in [5, 5.41) is 0. The topological polar surface area (TPSA) is 24.7 Å². The summed E-state index contributed by atoms with van der Waals surface area (Å²) in [6.45, 7) is 9.26.